The smallest absolute Gasteiger partial charge is 0.162 e. The number of aromatic nitrogens is 2. The molecule has 0 atom stereocenters. The van der Waals surface area contributed by atoms with Crippen LogP contribution in [0.5, 0.6) is 0 Å². The van der Waals surface area contributed by atoms with Gasteiger partial charge in [0.15, 0.2) is 5.69 Å². The Morgan fingerprint density at radius 2 is 1.75 bits per heavy atom. The Balaban J connectivity index is 1.79. The van der Waals surface area contributed by atoms with Crippen molar-refractivity contribution in [1.29, 1.82) is 10.5 Å². The lowest BCUT2D eigenvalue weighted by molar-refractivity contribution is -0.00907. The Labute approximate surface area is 119 Å². The molecule has 20 heavy (non-hydrogen) atoms. The van der Waals surface area contributed by atoms with Gasteiger partial charge >= 0.3 is 0 Å². The summed E-state index contributed by atoms with van der Waals surface area (Å²) in [5.74, 6) is 2.58. The molecular formula is C16H18N4. The molecule has 4 aliphatic rings. The van der Waals surface area contributed by atoms with Gasteiger partial charge in [0.2, 0.25) is 0 Å². The van der Waals surface area contributed by atoms with Crippen molar-refractivity contribution in [2.24, 2.45) is 17.8 Å². The minimum atomic E-state index is 0.202. The first-order valence-electron chi connectivity index (χ1n) is 7.58. The zero-order valence-corrected chi connectivity index (χ0v) is 11.5. The summed E-state index contributed by atoms with van der Waals surface area (Å²) in [5, 5.41) is 22.4. The van der Waals surface area contributed by atoms with Crippen molar-refractivity contribution >= 4 is 0 Å². The lowest BCUT2D eigenvalue weighted by Gasteiger charge is -2.56. The largest absolute Gasteiger partial charge is 0.254 e. The van der Waals surface area contributed by atoms with Crippen LogP contribution in [0.25, 0.3) is 0 Å². The van der Waals surface area contributed by atoms with E-state index in [1.807, 2.05) is 6.07 Å². The molecule has 4 aliphatic carbocycles. The maximum Gasteiger partial charge on any atom is 0.162 e. The Morgan fingerprint density at radius 3 is 2.25 bits per heavy atom. The molecule has 4 heteroatoms. The summed E-state index contributed by atoms with van der Waals surface area (Å²) in [4.78, 5) is 0. The molecular weight excluding hydrogens is 248 g/mol. The fraction of sp³-hybridized carbons (Fsp3) is 0.688. The zero-order valence-electron chi connectivity index (χ0n) is 11.5. The van der Waals surface area contributed by atoms with E-state index in [1.54, 1.807) is 4.68 Å². The van der Waals surface area contributed by atoms with Gasteiger partial charge in [-0.2, -0.15) is 15.6 Å². The van der Waals surface area contributed by atoms with Crippen molar-refractivity contribution in [3.05, 3.63) is 17.5 Å². The monoisotopic (exact) mass is 266 g/mol. The molecule has 1 aromatic rings. The number of nitrogens with zero attached hydrogens (tertiary/aromatic N) is 4. The highest BCUT2D eigenvalue weighted by Crippen LogP contribution is 2.60. The molecule has 0 saturated heterocycles. The van der Waals surface area contributed by atoms with Crippen molar-refractivity contribution in [3.8, 4) is 12.1 Å². The van der Waals surface area contributed by atoms with E-state index >= 15 is 0 Å². The van der Waals surface area contributed by atoms with E-state index in [1.165, 1.54) is 38.5 Å². The van der Waals surface area contributed by atoms with Gasteiger partial charge in [-0.15, -0.1) is 0 Å². The van der Waals surface area contributed by atoms with Gasteiger partial charge in [-0.3, -0.25) is 4.68 Å². The molecule has 0 amide bonds. The second-order valence-corrected chi connectivity index (χ2v) is 7.04. The Bertz CT molecular complexity index is 593. The Kier molecular flexibility index (Phi) is 2.45. The maximum atomic E-state index is 9.12. The Morgan fingerprint density at radius 1 is 1.15 bits per heavy atom. The van der Waals surface area contributed by atoms with Gasteiger partial charge in [0, 0.05) is 11.1 Å². The van der Waals surface area contributed by atoms with Crippen LogP contribution in [0.1, 0.15) is 49.9 Å². The quantitative estimate of drug-likeness (QED) is 0.826. The molecule has 1 heterocycles. The summed E-state index contributed by atoms with van der Waals surface area (Å²) in [6.07, 6.45) is 7.91. The van der Waals surface area contributed by atoms with E-state index in [9.17, 15) is 0 Å². The predicted octanol–water partition coefficient (Wildman–Crippen LogP) is 2.75. The van der Waals surface area contributed by atoms with Gasteiger partial charge in [0.25, 0.3) is 0 Å². The summed E-state index contributed by atoms with van der Waals surface area (Å²) >= 11 is 0. The van der Waals surface area contributed by atoms with Crippen molar-refractivity contribution < 1.29 is 0 Å². The molecule has 0 spiro atoms. The third-order valence-corrected chi connectivity index (χ3v) is 5.70. The first-order chi connectivity index (χ1) is 9.72. The van der Waals surface area contributed by atoms with Gasteiger partial charge in [0.1, 0.15) is 12.6 Å². The van der Waals surface area contributed by atoms with Crippen LogP contribution in [0, 0.1) is 40.4 Å². The lowest BCUT2D eigenvalue weighted by Crippen LogP contribution is -2.49. The van der Waals surface area contributed by atoms with E-state index in [2.05, 4.69) is 17.2 Å². The molecule has 4 nitrogen and oxygen atoms in total. The van der Waals surface area contributed by atoms with E-state index in [-0.39, 0.29) is 12.0 Å². The molecule has 0 aliphatic heterocycles. The number of hydrogen-bond donors (Lipinski definition) is 0. The van der Waals surface area contributed by atoms with E-state index < -0.39 is 0 Å². The van der Waals surface area contributed by atoms with Gasteiger partial charge in [-0.1, -0.05) is 0 Å². The average Bonchev–Trinajstić information content (AvgIpc) is 2.81. The number of hydrogen-bond acceptors (Lipinski definition) is 3. The topological polar surface area (TPSA) is 65.4 Å². The van der Waals surface area contributed by atoms with Gasteiger partial charge in [0.05, 0.1) is 6.07 Å². The number of rotatable bonds is 2. The first kappa shape index (κ1) is 12.0. The lowest BCUT2D eigenvalue weighted by atomic mass is 9.49. The highest BCUT2D eigenvalue weighted by Gasteiger charge is 2.52. The fourth-order valence-electron chi connectivity index (χ4n) is 5.51. The summed E-state index contributed by atoms with van der Waals surface area (Å²) in [6.45, 7) is 0.263. The average molecular weight is 266 g/mol. The highest BCUT2D eigenvalue weighted by atomic mass is 15.3. The third-order valence-electron chi connectivity index (χ3n) is 5.70. The van der Waals surface area contributed by atoms with Crippen LogP contribution < -0.4 is 0 Å². The maximum absolute atomic E-state index is 9.12. The van der Waals surface area contributed by atoms with Crippen molar-refractivity contribution in [2.75, 3.05) is 0 Å². The molecule has 1 aromatic heterocycles. The SMILES string of the molecule is N#CCn1nc(C#N)cc1C12CC3CC(CC(C3)C1)C2. The normalized spacial score (nSPS) is 37.6. The van der Waals surface area contributed by atoms with Gasteiger partial charge in [-0.05, 0) is 62.3 Å². The third kappa shape index (κ3) is 1.61. The molecule has 4 bridgehead atoms. The van der Waals surface area contributed by atoms with Crippen molar-refractivity contribution in [1.82, 2.24) is 9.78 Å². The van der Waals surface area contributed by atoms with Crippen LogP contribution in [-0.4, -0.2) is 9.78 Å². The summed E-state index contributed by atoms with van der Waals surface area (Å²) in [7, 11) is 0. The number of nitriles is 2. The van der Waals surface area contributed by atoms with Crippen LogP contribution in [0.15, 0.2) is 6.07 Å². The minimum absolute atomic E-state index is 0.202. The summed E-state index contributed by atoms with van der Waals surface area (Å²) < 4.78 is 1.80. The second-order valence-electron chi connectivity index (χ2n) is 7.04. The van der Waals surface area contributed by atoms with Crippen molar-refractivity contribution in [3.63, 3.8) is 0 Å². The molecule has 0 unspecified atom stereocenters. The first-order valence-corrected chi connectivity index (χ1v) is 7.58. The highest BCUT2D eigenvalue weighted by molar-refractivity contribution is 5.31. The van der Waals surface area contributed by atoms with Crippen LogP contribution in [-0.2, 0) is 12.0 Å². The molecule has 5 rings (SSSR count). The summed E-state index contributed by atoms with van der Waals surface area (Å²) in [5.41, 5.74) is 1.83. The van der Waals surface area contributed by atoms with Crippen LogP contribution in [0.4, 0.5) is 0 Å². The van der Waals surface area contributed by atoms with Gasteiger partial charge < -0.3 is 0 Å². The Hall–Kier alpha value is -1.81. The van der Waals surface area contributed by atoms with Crippen LogP contribution in [0.3, 0.4) is 0 Å². The van der Waals surface area contributed by atoms with Crippen LogP contribution >= 0.6 is 0 Å². The minimum Gasteiger partial charge on any atom is -0.254 e. The molecule has 4 fully saturated rings. The summed E-state index contributed by atoms with van der Waals surface area (Å²) in [6, 6.07) is 6.27. The molecule has 0 aromatic carbocycles. The predicted molar refractivity (Wildman–Crippen MR) is 72.4 cm³/mol. The van der Waals surface area contributed by atoms with Crippen molar-refractivity contribution in [2.45, 2.75) is 50.5 Å². The van der Waals surface area contributed by atoms with E-state index in [0.717, 1.165) is 23.4 Å². The molecule has 0 radical (unpaired) electrons. The van der Waals surface area contributed by atoms with Gasteiger partial charge in [-0.25, -0.2) is 0 Å². The molecule has 4 saturated carbocycles. The van der Waals surface area contributed by atoms with E-state index in [0.29, 0.717) is 5.69 Å². The zero-order chi connectivity index (χ0) is 13.7. The standard InChI is InChI=1S/C16H18N4/c17-1-2-20-15(6-14(10-18)19-20)16-7-11-3-12(8-16)5-13(4-11)9-16/h6,11-13H,2-5,7-9H2. The molecule has 0 N–H and O–H groups in total. The molecule has 102 valence electrons. The van der Waals surface area contributed by atoms with E-state index in [4.69, 9.17) is 10.5 Å². The second kappa shape index (κ2) is 4.09. The van der Waals surface area contributed by atoms with Crippen LogP contribution in [0.2, 0.25) is 0 Å². The fourth-order valence-corrected chi connectivity index (χ4v) is 5.51.